The van der Waals surface area contributed by atoms with Crippen molar-refractivity contribution in [2.75, 3.05) is 51.8 Å². The second kappa shape index (κ2) is 23.6. The number of hydrogen-bond donors (Lipinski definition) is 8. The summed E-state index contributed by atoms with van der Waals surface area (Å²) in [5, 5.41) is 22.7. The van der Waals surface area contributed by atoms with E-state index in [1.165, 1.54) is 27.0 Å². The van der Waals surface area contributed by atoms with Gasteiger partial charge in [-0.1, -0.05) is 57.2 Å². The number of aryl methyl sites for hydroxylation is 1. The van der Waals surface area contributed by atoms with Crippen molar-refractivity contribution in [2.45, 2.75) is 84.0 Å². The molecule has 4 atom stereocenters. The number of carbonyl (C=O) groups excluding carboxylic acids is 6. The van der Waals surface area contributed by atoms with E-state index in [1.807, 2.05) is 30.3 Å². The Morgan fingerprint density at radius 1 is 0.899 bits per heavy atom. The van der Waals surface area contributed by atoms with Gasteiger partial charge in [0.2, 0.25) is 29.5 Å². The normalized spacial score (nSPS) is 16.3. The van der Waals surface area contributed by atoms with Crippen molar-refractivity contribution in [2.24, 2.45) is 17.2 Å². The second-order valence-corrected chi connectivity index (χ2v) is 17.7. The first-order chi connectivity index (χ1) is 32.8. The highest BCUT2D eigenvalue weighted by Gasteiger charge is 2.36. The summed E-state index contributed by atoms with van der Waals surface area (Å²) < 4.78 is 12.2. The lowest BCUT2D eigenvalue weighted by Crippen LogP contribution is -2.56. The number of ether oxygens (including phenoxy) is 2. The molecule has 1 aliphatic rings. The van der Waals surface area contributed by atoms with Crippen molar-refractivity contribution in [3.63, 3.8) is 0 Å². The van der Waals surface area contributed by atoms with Gasteiger partial charge in [0.25, 0.3) is 5.91 Å². The minimum absolute atomic E-state index is 0.0135. The largest absolute Gasteiger partial charge is 0.492 e. The molecule has 366 valence electrons. The molecule has 1 aliphatic heterocycles. The molecule has 69 heavy (non-hydrogen) atoms. The maximum Gasteiger partial charge on any atom is 0.253 e. The Balaban J connectivity index is 1.59. The predicted molar refractivity (Wildman–Crippen MR) is 261 cm³/mol. The minimum Gasteiger partial charge on any atom is -0.492 e. The zero-order valence-corrected chi connectivity index (χ0v) is 40.2. The number of aromatic nitrogens is 1. The summed E-state index contributed by atoms with van der Waals surface area (Å²) in [5.74, 6) is -3.19. The highest BCUT2D eigenvalue weighted by atomic mass is 16.5. The van der Waals surface area contributed by atoms with Crippen LogP contribution in [0.3, 0.4) is 0 Å². The molecular formula is C50H63N11O8. The van der Waals surface area contributed by atoms with Crippen LogP contribution in [0.5, 0.6) is 11.5 Å². The molecule has 0 aliphatic carbocycles. The number of nitrogens with one attached hydrogen (secondary N) is 5. The van der Waals surface area contributed by atoms with Gasteiger partial charge < -0.3 is 58.2 Å². The van der Waals surface area contributed by atoms with Crippen LogP contribution in [0, 0.1) is 18.3 Å². The van der Waals surface area contributed by atoms with Crippen LogP contribution in [0.2, 0.25) is 0 Å². The van der Waals surface area contributed by atoms with Gasteiger partial charge in [0.05, 0.1) is 28.7 Å². The predicted octanol–water partition coefficient (Wildman–Crippen LogP) is 2.49. The van der Waals surface area contributed by atoms with E-state index in [9.17, 15) is 34.0 Å². The van der Waals surface area contributed by atoms with Crippen molar-refractivity contribution in [3.8, 4) is 40.0 Å². The molecule has 11 N–H and O–H groups in total. The van der Waals surface area contributed by atoms with E-state index >= 15 is 0 Å². The van der Waals surface area contributed by atoms with Gasteiger partial charge in [0.15, 0.2) is 0 Å². The van der Waals surface area contributed by atoms with Gasteiger partial charge in [-0.3, -0.25) is 33.8 Å². The number of hydrogen-bond acceptors (Lipinski definition) is 13. The first kappa shape index (κ1) is 52.6. The number of amides is 6. The summed E-state index contributed by atoms with van der Waals surface area (Å²) in [6.07, 6.45) is -0.0628. The second-order valence-electron chi connectivity index (χ2n) is 17.7. The Hall–Kier alpha value is -7.40. The summed E-state index contributed by atoms with van der Waals surface area (Å²) in [6, 6.07) is 16.1. The van der Waals surface area contributed by atoms with Crippen LogP contribution in [-0.2, 0) is 35.8 Å². The van der Waals surface area contributed by atoms with Gasteiger partial charge in [-0.2, -0.15) is 5.26 Å². The summed E-state index contributed by atoms with van der Waals surface area (Å²) in [7, 11) is 1.39. The quantitative estimate of drug-likeness (QED) is 0.0750. The van der Waals surface area contributed by atoms with Crippen molar-refractivity contribution in [1.82, 2.24) is 31.2 Å². The van der Waals surface area contributed by atoms with Crippen molar-refractivity contribution in [3.05, 3.63) is 94.7 Å². The van der Waals surface area contributed by atoms with Crippen molar-refractivity contribution in [1.29, 1.82) is 5.26 Å². The highest BCUT2D eigenvalue weighted by Crippen LogP contribution is 2.40. The Labute approximate surface area is 402 Å². The van der Waals surface area contributed by atoms with Crippen molar-refractivity contribution >= 4 is 41.1 Å². The summed E-state index contributed by atoms with van der Waals surface area (Å²) in [4.78, 5) is 89.2. The lowest BCUT2D eigenvalue weighted by molar-refractivity contribution is -0.141. The molecular weight excluding hydrogens is 883 g/mol. The molecule has 3 aromatic carbocycles. The molecule has 1 aromatic heterocycles. The van der Waals surface area contributed by atoms with E-state index in [0.29, 0.717) is 45.1 Å². The first-order valence-corrected chi connectivity index (χ1v) is 22.7. The lowest BCUT2D eigenvalue weighted by Gasteiger charge is -2.32. The maximum absolute atomic E-state index is 14.8. The van der Waals surface area contributed by atoms with E-state index in [4.69, 9.17) is 31.7 Å². The third-order valence-electron chi connectivity index (χ3n) is 11.4. The highest BCUT2D eigenvalue weighted by molar-refractivity contribution is 6.02. The van der Waals surface area contributed by atoms with E-state index < -0.39 is 53.7 Å². The minimum atomic E-state index is -1.44. The number of nitrogens with two attached hydrogens (primary N) is 3. The van der Waals surface area contributed by atoms with E-state index in [2.05, 4.69) is 47.4 Å². The number of nitrogens with zero attached hydrogens (tertiary/aromatic N) is 3. The van der Waals surface area contributed by atoms with Crippen LogP contribution in [-0.4, -0.2) is 110 Å². The zero-order chi connectivity index (χ0) is 50.6. The number of carbonyl (C=O) groups is 6. The Morgan fingerprint density at radius 2 is 1.54 bits per heavy atom. The Kier molecular flexibility index (Phi) is 17.9. The average Bonchev–Trinajstić information content (AvgIpc) is 3.31. The molecule has 4 bridgehead atoms. The fraction of sp³-hybridized carbons (Fsp3) is 0.400. The lowest BCUT2D eigenvalue weighted by atomic mass is 9.86. The van der Waals surface area contributed by atoms with Gasteiger partial charge in [0, 0.05) is 50.2 Å². The number of rotatable bonds is 16. The van der Waals surface area contributed by atoms with Crippen LogP contribution < -0.4 is 53.3 Å². The standard InChI is InChI=1S/C50H63N11O8/c1-28-35(27-39(58-30(3)62)43(56-28)32-9-12-34(13-10-32)50(4,5)6)46(64)59-38(16-17-51)49(67)61(7)44-33-11-15-42(69-23-20-54)37(26-33)36-24-31(8-14-41(36)68-22-19-53)25-40(47(65)55-21-18-52)60-45(63)29(2)57-48(44)66/h8-15,24,26-27,29,38,40,44H,16-17,19-23,25,51,53-54H2,1-7H3,(H,55,65)(H,57,66)(H,58,62)(H,59,64)(H,60,63)/t29-,38?,40-,44-/m0/s1. The number of pyridine rings is 1. The monoisotopic (exact) mass is 945 g/mol. The van der Waals surface area contributed by atoms with Crippen LogP contribution in [0.25, 0.3) is 22.4 Å². The summed E-state index contributed by atoms with van der Waals surface area (Å²) in [6.45, 7) is 11.0. The fourth-order valence-corrected chi connectivity index (χ4v) is 7.83. The van der Waals surface area contributed by atoms with Crippen LogP contribution in [0.15, 0.2) is 66.7 Å². The van der Waals surface area contributed by atoms with Gasteiger partial charge in [0.1, 0.15) is 55.4 Å². The molecule has 6 amide bonds. The molecule has 0 spiro atoms. The number of likely N-dealkylation sites (N-methyl/N-ethyl adjacent to an activating group) is 1. The Morgan fingerprint density at radius 3 is 2.13 bits per heavy atom. The van der Waals surface area contributed by atoms with Gasteiger partial charge in [-0.05, 0) is 79.3 Å². The molecule has 0 saturated carbocycles. The number of benzene rings is 3. The van der Waals surface area contributed by atoms with Gasteiger partial charge in [-0.15, -0.1) is 0 Å². The summed E-state index contributed by atoms with van der Waals surface area (Å²) >= 11 is 0. The topological polar surface area (TPSA) is 299 Å². The molecule has 1 unspecified atom stereocenters. The van der Waals surface area contributed by atoms with Crippen molar-refractivity contribution < 1.29 is 38.2 Å². The Bertz CT molecular complexity index is 2590. The smallest absolute Gasteiger partial charge is 0.253 e. The van der Waals surface area contributed by atoms with Crippen LogP contribution in [0.4, 0.5) is 5.69 Å². The van der Waals surface area contributed by atoms with Crippen LogP contribution in [0.1, 0.15) is 79.8 Å². The van der Waals surface area contributed by atoms with E-state index in [1.54, 1.807) is 43.3 Å². The molecule has 2 heterocycles. The van der Waals surface area contributed by atoms with E-state index in [-0.39, 0.29) is 80.4 Å². The molecule has 19 nitrogen and oxygen atoms in total. The average molecular weight is 946 g/mol. The molecule has 0 radical (unpaired) electrons. The SMILES string of the molecule is CC(=O)Nc1cc(C(=O)NC(CCN)C(=O)N(C)[C@@H]2C(=O)N[C@@H](C)C(=O)N[C@H](C(=O)NCC#N)Cc3ccc(OCCN)c(c3)-c3cc2ccc3OCCN)c(C)nc1-c1ccc(C(C)(C)C)cc1. The number of nitriles is 1. The van der Waals surface area contributed by atoms with Gasteiger partial charge in [-0.25, -0.2) is 0 Å². The number of fused-ring (bicyclic) bond motifs is 5. The van der Waals surface area contributed by atoms with Gasteiger partial charge >= 0.3 is 0 Å². The molecule has 0 fully saturated rings. The molecule has 0 saturated heterocycles. The molecule has 4 aromatic rings. The third kappa shape index (κ3) is 13.2. The first-order valence-electron chi connectivity index (χ1n) is 22.7. The van der Waals surface area contributed by atoms with E-state index in [0.717, 1.165) is 10.5 Å². The zero-order valence-electron chi connectivity index (χ0n) is 40.2. The molecule has 19 heteroatoms. The molecule has 5 rings (SSSR count). The summed E-state index contributed by atoms with van der Waals surface area (Å²) in [5.41, 5.74) is 22.3. The fourth-order valence-electron chi connectivity index (χ4n) is 7.83. The van der Waals surface area contributed by atoms with Crippen LogP contribution >= 0.6 is 0 Å². The number of anilines is 1. The maximum atomic E-state index is 14.8. The third-order valence-corrected chi connectivity index (χ3v) is 11.4.